The Morgan fingerprint density at radius 3 is 1.00 bits per heavy atom. The average molecular weight is 312 g/mol. The third-order valence-corrected chi connectivity index (χ3v) is 0. The van der Waals surface area contributed by atoms with Crippen molar-refractivity contribution >= 4 is 11.0 Å². The summed E-state index contributed by atoms with van der Waals surface area (Å²) in [5, 5.41) is 0. The summed E-state index contributed by atoms with van der Waals surface area (Å²) in [4.78, 5) is 0. The predicted octanol–water partition coefficient (Wildman–Crippen LogP) is -1.19. The van der Waals surface area contributed by atoms with Gasteiger partial charge in [0, 0.05) is 74.7 Å². The molecule has 5 heteroatoms. The molecule has 0 aliphatic heterocycles. The minimum atomic E-state index is 0. The van der Waals surface area contributed by atoms with Crippen LogP contribution in [-0.4, -0.2) is 11.0 Å². The van der Waals surface area contributed by atoms with Crippen LogP contribution in [0, 0.1) is 0 Å². The quantitative estimate of drug-likeness (QED) is 0.494. The van der Waals surface area contributed by atoms with Crippen molar-refractivity contribution in [3.05, 3.63) is 0 Å². The molecule has 0 amide bonds. The predicted molar refractivity (Wildman–Crippen MR) is 9.94 cm³/mol. The molecule has 0 saturated carbocycles. The zero-order chi connectivity index (χ0) is 0. The molecule has 0 unspecified atom stereocenters. The molecular formula is H3CuFeMoSiZn. The summed E-state index contributed by atoms with van der Waals surface area (Å²) in [6, 6.07) is 0. The summed E-state index contributed by atoms with van der Waals surface area (Å²) in [6.45, 7) is 0. The molecule has 0 fully saturated rings. The summed E-state index contributed by atoms with van der Waals surface area (Å²) in [7, 11) is 0. The Labute approximate surface area is 84.6 Å². The first-order chi connectivity index (χ1) is 0. The molecule has 2 radical (unpaired) electrons. The van der Waals surface area contributed by atoms with Crippen molar-refractivity contribution in [2.75, 3.05) is 0 Å². The van der Waals surface area contributed by atoms with Crippen molar-refractivity contribution in [1.29, 1.82) is 0 Å². The maximum atomic E-state index is 0. The van der Waals surface area contributed by atoms with Gasteiger partial charge in [0.1, 0.15) is 0 Å². The van der Waals surface area contributed by atoms with Gasteiger partial charge >= 0.3 is 0 Å². The molecule has 0 bridgehead atoms. The molecule has 0 saturated heterocycles. The van der Waals surface area contributed by atoms with Crippen LogP contribution in [-0.2, 0) is 74.7 Å². The van der Waals surface area contributed by atoms with E-state index in [4.69, 9.17) is 0 Å². The van der Waals surface area contributed by atoms with Gasteiger partial charge in [0.15, 0.2) is 0 Å². The van der Waals surface area contributed by atoms with Gasteiger partial charge in [-0.15, -0.1) is 0 Å². The van der Waals surface area contributed by atoms with E-state index in [0.717, 1.165) is 0 Å². The first kappa shape index (κ1) is 49.5. The molecule has 0 aliphatic carbocycles. The van der Waals surface area contributed by atoms with E-state index in [0.29, 0.717) is 0 Å². The van der Waals surface area contributed by atoms with Crippen LogP contribution in [0.25, 0.3) is 0 Å². The van der Waals surface area contributed by atoms with Gasteiger partial charge in [-0.05, 0) is 11.0 Å². The van der Waals surface area contributed by atoms with Gasteiger partial charge in [-0.1, -0.05) is 0 Å². The molecule has 0 N–H and O–H groups in total. The van der Waals surface area contributed by atoms with Crippen LogP contribution in [0.1, 0.15) is 0 Å². The molecule has 0 atom stereocenters. The Morgan fingerprint density at radius 1 is 1.00 bits per heavy atom. The molecule has 0 aromatic heterocycles. The van der Waals surface area contributed by atoms with Crippen LogP contribution in [0.2, 0.25) is 0 Å². The third-order valence-electron chi connectivity index (χ3n) is 0. The molecule has 0 aromatic rings. The Hall–Kier alpha value is 2.57. The largest absolute Gasteiger partial charge is 0.0125 e. The SMILES string of the molecule is [Cu].[Fe].[Mo].[SiH3].[Zn]. The molecule has 0 aromatic carbocycles. The summed E-state index contributed by atoms with van der Waals surface area (Å²) in [6.07, 6.45) is 0. The summed E-state index contributed by atoms with van der Waals surface area (Å²) in [5.74, 6) is 0. The molecule has 0 nitrogen and oxygen atoms in total. The number of hydrogen-bond donors (Lipinski definition) is 0. The second-order valence-electron chi connectivity index (χ2n) is 0. The van der Waals surface area contributed by atoms with Gasteiger partial charge in [-0.3, -0.25) is 0 Å². The van der Waals surface area contributed by atoms with E-state index in [-0.39, 0.29) is 85.6 Å². The van der Waals surface area contributed by atoms with Gasteiger partial charge < -0.3 is 0 Å². The van der Waals surface area contributed by atoms with Crippen molar-refractivity contribution < 1.29 is 74.7 Å². The van der Waals surface area contributed by atoms with E-state index in [2.05, 4.69) is 0 Å². The van der Waals surface area contributed by atoms with Crippen molar-refractivity contribution in [2.24, 2.45) is 0 Å². The Balaban J connectivity index is 0. The minimum Gasteiger partial charge on any atom is -0.0125 e. The molecule has 5 heavy (non-hydrogen) atoms. The number of hydrogen-bond acceptors (Lipinski definition) is 0. The molecule has 34 valence electrons. The van der Waals surface area contributed by atoms with Crippen molar-refractivity contribution in [3.63, 3.8) is 0 Å². The van der Waals surface area contributed by atoms with E-state index in [9.17, 15) is 0 Å². The maximum absolute atomic E-state index is 0. The second-order valence-corrected chi connectivity index (χ2v) is 0. The molecule has 0 rings (SSSR count). The van der Waals surface area contributed by atoms with E-state index >= 15 is 0 Å². The fraction of sp³-hybridized carbons (Fsp3) is 0. The minimum absolute atomic E-state index is 0. The Kier molecular flexibility index (Phi) is 306. The third kappa shape index (κ3) is 20.8. The van der Waals surface area contributed by atoms with E-state index in [1.165, 1.54) is 0 Å². The van der Waals surface area contributed by atoms with Crippen LogP contribution in [0.5, 0.6) is 0 Å². The van der Waals surface area contributed by atoms with Crippen LogP contribution in [0.3, 0.4) is 0 Å². The zero-order valence-corrected chi connectivity index (χ0v) is 11.8. The van der Waals surface area contributed by atoms with E-state index in [1.54, 1.807) is 0 Å². The standard InChI is InChI=1S/Cu.Fe.Mo.H3Si.Zn/h;;;1H3;. The Bertz CT molecular complexity index is 11.6. The first-order valence-electron chi connectivity index (χ1n) is 0. The zero-order valence-electron chi connectivity index (χ0n) is 2.77. The van der Waals surface area contributed by atoms with Gasteiger partial charge in [0.05, 0.1) is 0 Å². The van der Waals surface area contributed by atoms with Crippen LogP contribution in [0.15, 0.2) is 0 Å². The molecule has 0 heterocycles. The van der Waals surface area contributed by atoms with Gasteiger partial charge in [0.2, 0.25) is 0 Å². The van der Waals surface area contributed by atoms with Gasteiger partial charge in [0.25, 0.3) is 0 Å². The molecular weight excluding hydrogens is 309 g/mol. The topological polar surface area (TPSA) is 0 Å². The average Bonchev–Trinajstić information content (AvgIpc) is 0. The summed E-state index contributed by atoms with van der Waals surface area (Å²) < 4.78 is 0. The second kappa shape index (κ2) is 30.9. The Morgan fingerprint density at radius 2 is 1.00 bits per heavy atom. The molecule has 0 aliphatic rings. The molecule has 0 spiro atoms. The van der Waals surface area contributed by atoms with Crippen molar-refractivity contribution in [1.82, 2.24) is 0 Å². The van der Waals surface area contributed by atoms with Crippen LogP contribution in [0.4, 0.5) is 0 Å². The van der Waals surface area contributed by atoms with Crippen LogP contribution < -0.4 is 0 Å². The van der Waals surface area contributed by atoms with Gasteiger partial charge in [-0.25, -0.2) is 0 Å². The van der Waals surface area contributed by atoms with Gasteiger partial charge in [-0.2, -0.15) is 0 Å². The van der Waals surface area contributed by atoms with E-state index < -0.39 is 0 Å². The maximum Gasteiger partial charge on any atom is 0 e. The monoisotopic (exact) mass is 312 g/mol. The summed E-state index contributed by atoms with van der Waals surface area (Å²) >= 11 is 0. The number of rotatable bonds is 0. The van der Waals surface area contributed by atoms with Crippen LogP contribution >= 0.6 is 0 Å². The fourth-order valence-electron chi connectivity index (χ4n) is 0. The van der Waals surface area contributed by atoms with Crippen molar-refractivity contribution in [3.8, 4) is 0 Å². The smallest absolute Gasteiger partial charge is 0 e. The normalized spacial score (nSPS) is 0. The first-order valence-corrected chi connectivity index (χ1v) is 0. The van der Waals surface area contributed by atoms with Crippen molar-refractivity contribution in [2.45, 2.75) is 0 Å². The fourth-order valence-corrected chi connectivity index (χ4v) is 0. The van der Waals surface area contributed by atoms with E-state index in [1.807, 2.05) is 0 Å². The summed E-state index contributed by atoms with van der Waals surface area (Å²) in [5.41, 5.74) is 0.